The van der Waals surface area contributed by atoms with Crippen LogP contribution in [0, 0.1) is 11.8 Å². The maximum Gasteiger partial charge on any atom is 0.135 e. The number of ether oxygens (including phenoxy) is 2. The first-order valence-corrected chi connectivity index (χ1v) is 10.3. The summed E-state index contributed by atoms with van der Waals surface area (Å²) in [5, 5.41) is 2.12. The highest BCUT2D eigenvalue weighted by atomic mass is 35.5. The minimum Gasteiger partial charge on any atom is -0.493 e. The van der Waals surface area contributed by atoms with E-state index in [2.05, 4.69) is 64.0 Å². The number of hydrogen-bond acceptors (Lipinski definition) is 5. The predicted molar refractivity (Wildman–Crippen MR) is 135 cm³/mol. The third-order valence-electron chi connectivity index (χ3n) is 4.83. The van der Waals surface area contributed by atoms with E-state index < -0.39 is 0 Å². The first kappa shape index (κ1) is 27.4. The van der Waals surface area contributed by atoms with Crippen LogP contribution in [0.2, 0.25) is 0 Å². The number of hydrogen-bond donors (Lipinski definition) is 0. The molecule has 2 unspecified atom stereocenters. The topological polar surface area (TPSA) is 38.1 Å². The van der Waals surface area contributed by atoms with Crippen molar-refractivity contribution >= 4 is 46.8 Å². The van der Waals surface area contributed by atoms with Crippen molar-refractivity contribution in [1.82, 2.24) is 9.80 Å². The lowest BCUT2D eigenvalue weighted by atomic mass is 10.1. The van der Waals surface area contributed by atoms with Crippen LogP contribution < -0.4 is 9.47 Å². The molecule has 0 aliphatic rings. The summed E-state index contributed by atoms with van der Waals surface area (Å²) in [5.74, 6) is 2.67. The molecule has 0 saturated carbocycles. The van der Waals surface area contributed by atoms with Gasteiger partial charge in [0.1, 0.15) is 22.7 Å². The van der Waals surface area contributed by atoms with Gasteiger partial charge in [0, 0.05) is 35.7 Å². The molecule has 0 fully saturated rings. The molecule has 0 spiro atoms. The second-order valence-electron chi connectivity index (χ2n) is 8.77. The molecule has 0 bridgehead atoms. The Morgan fingerprint density at radius 2 is 1.10 bits per heavy atom. The number of fused-ring (bicyclic) bond motifs is 3. The second kappa shape index (κ2) is 12.4. The highest BCUT2D eigenvalue weighted by Gasteiger charge is 2.12. The van der Waals surface area contributed by atoms with E-state index in [1.54, 1.807) is 0 Å². The molecule has 2 atom stereocenters. The van der Waals surface area contributed by atoms with Gasteiger partial charge in [-0.2, -0.15) is 0 Å². The molecule has 1 aromatic heterocycles. The quantitative estimate of drug-likeness (QED) is 0.386. The minimum absolute atomic E-state index is 0. The van der Waals surface area contributed by atoms with Gasteiger partial charge < -0.3 is 23.7 Å². The summed E-state index contributed by atoms with van der Waals surface area (Å²) in [7, 11) is 8.34. The molecule has 0 N–H and O–H groups in total. The molecule has 5 nitrogen and oxygen atoms in total. The fourth-order valence-electron chi connectivity index (χ4n) is 3.74. The molecule has 2 aromatic carbocycles. The number of nitrogens with zero attached hydrogens (tertiary/aromatic N) is 2. The maximum absolute atomic E-state index is 6.04. The van der Waals surface area contributed by atoms with Crippen LogP contribution in [0.3, 0.4) is 0 Å². The van der Waals surface area contributed by atoms with Crippen molar-refractivity contribution in [2.75, 3.05) is 54.5 Å². The van der Waals surface area contributed by atoms with Crippen molar-refractivity contribution in [2.45, 2.75) is 13.8 Å². The van der Waals surface area contributed by atoms with Gasteiger partial charge in [-0.3, -0.25) is 0 Å². The normalized spacial score (nSPS) is 13.2. The van der Waals surface area contributed by atoms with Crippen LogP contribution in [0.1, 0.15) is 13.8 Å². The summed E-state index contributed by atoms with van der Waals surface area (Å²) in [6.45, 7) is 7.79. The molecule has 0 amide bonds. The molecule has 0 radical (unpaired) electrons. The lowest BCUT2D eigenvalue weighted by Crippen LogP contribution is -2.24. The van der Waals surface area contributed by atoms with E-state index in [4.69, 9.17) is 13.9 Å². The van der Waals surface area contributed by atoms with E-state index in [0.717, 1.165) is 46.5 Å². The number of halogens is 2. The Hall–Kier alpha value is -1.66. The predicted octanol–water partition coefficient (Wildman–Crippen LogP) is 5.58. The summed E-state index contributed by atoms with van der Waals surface area (Å²) in [6.07, 6.45) is 0. The monoisotopic (exact) mass is 470 g/mol. The average Bonchev–Trinajstić information content (AvgIpc) is 3.01. The highest BCUT2D eigenvalue weighted by Crippen LogP contribution is 2.34. The smallest absolute Gasteiger partial charge is 0.135 e. The van der Waals surface area contributed by atoms with E-state index in [0.29, 0.717) is 25.0 Å². The first-order valence-electron chi connectivity index (χ1n) is 10.3. The van der Waals surface area contributed by atoms with Crippen LogP contribution in [0.25, 0.3) is 21.9 Å². The molecule has 1 heterocycles. The molecule has 7 heteroatoms. The largest absolute Gasteiger partial charge is 0.493 e. The fraction of sp³-hybridized carbons (Fsp3) is 0.500. The average molecular weight is 471 g/mol. The van der Waals surface area contributed by atoms with Crippen molar-refractivity contribution in [3.05, 3.63) is 36.4 Å². The first-order chi connectivity index (χ1) is 13.8. The van der Waals surface area contributed by atoms with Gasteiger partial charge in [-0.25, -0.2) is 0 Å². The summed E-state index contributed by atoms with van der Waals surface area (Å²) in [5.41, 5.74) is 1.73. The molecule has 0 aliphatic carbocycles. The minimum atomic E-state index is 0. The third-order valence-corrected chi connectivity index (χ3v) is 4.83. The van der Waals surface area contributed by atoms with Crippen molar-refractivity contribution in [2.24, 2.45) is 11.8 Å². The van der Waals surface area contributed by atoms with E-state index in [1.807, 2.05) is 24.3 Å². The third kappa shape index (κ3) is 7.76. The molecule has 0 aliphatic heterocycles. The molecular formula is C24H36Cl2N2O3. The van der Waals surface area contributed by atoms with Gasteiger partial charge >= 0.3 is 0 Å². The van der Waals surface area contributed by atoms with Gasteiger partial charge in [-0.05, 0) is 64.6 Å². The Morgan fingerprint density at radius 1 is 0.710 bits per heavy atom. The maximum atomic E-state index is 6.04. The molecule has 174 valence electrons. The number of rotatable bonds is 10. The van der Waals surface area contributed by atoms with E-state index in [9.17, 15) is 0 Å². The fourth-order valence-corrected chi connectivity index (χ4v) is 3.74. The number of benzene rings is 2. The summed E-state index contributed by atoms with van der Waals surface area (Å²) in [4.78, 5) is 4.36. The Labute approximate surface area is 198 Å². The van der Waals surface area contributed by atoms with Gasteiger partial charge in [0.2, 0.25) is 0 Å². The Balaban J connectivity index is 0.00000240. The van der Waals surface area contributed by atoms with Gasteiger partial charge in [-0.1, -0.05) is 13.8 Å². The van der Waals surface area contributed by atoms with Gasteiger partial charge in [0.15, 0.2) is 0 Å². The van der Waals surface area contributed by atoms with Crippen molar-refractivity contribution in [3.63, 3.8) is 0 Å². The van der Waals surface area contributed by atoms with Crippen LogP contribution >= 0.6 is 24.8 Å². The Bertz CT molecular complexity index is 869. The van der Waals surface area contributed by atoms with E-state index in [-0.39, 0.29) is 24.8 Å². The van der Waals surface area contributed by atoms with Gasteiger partial charge in [-0.15, -0.1) is 24.8 Å². The zero-order valence-corrected chi connectivity index (χ0v) is 21.0. The second-order valence-corrected chi connectivity index (χ2v) is 8.77. The summed E-state index contributed by atoms with van der Waals surface area (Å²) < 4.78 is 18.1. The molecule has 0 saturated heterocycles. The van der Waals surface area contributed by atoms with Crippen molar-refractivity contribution in [1.29, 1.82) is 0 Å². The lowest BCUT2D eigenvalue weighted by Gasteiger charge is -2.17. The van der Waals surface area contributed by atoms with Crippen molar-refractivity contribution < 1.29 is 13.9 Å². The zero-order valence-electron chi connectivity index (χ0n) is 19.4. The van der Waals surface area contributed by atoms with Crippen LogP contribution in [0.4, 0.5) is 0 Å². The Morgan fingerprint density at radius 3 is 1.45 bits per heavy atom. The summed E-state index contributed by atoms with van der Waals surface area (Å²) in [6, 6.07) is 12.1. The van der Waals surface area contributed by atoms with Gasteiger partial charge in [0.25, 0.3) is 0 Å². The Kier molecular flexibility index (Phi) is 10.9. The lowest BCUT2D eigenvalue weighted by molar-refractivity contribution is 0.222. The molecular weight excluding hydrogens is 435 g/mol. The van der Waals surface area contributed by atoms with Crippen molar-refractivity contribution in [3.8, 4) is 11.5 Å². The molecule has 3 aromatic rings. The summed E-state index contributed by atoms with van der Waals surface area (Å²) >= 11 is 0. The van der Waals surface area contributed by atoms with Crippen LogP contribution in [-0.4, -0.2) is 64.3 Å². The standard InChI is InChI=1S/C24H34N2O3.2ClH/c1-17(13-25(3)4)15-27-19-7-9-23-21(11-19)22-12-20(8-10-24(22)29-23)28-16-18(2)14-26(5)6;;/h7-12,17-18H,13-16H2,1-6H3;2*1H. The van der Waals surface area contributed by atoms with Crippen LogP contribution in [0.15, 0.2) is 40.8 Å². The van der Waals surface area contributed by atoms with E-state index >= 15 is 0 Å². The number of furan rings is 1. The van der Waals surface area contributed by atoms with Crippen LogP contribution in [-0.2, 0) is 0 Å². The zero-order chi connectivity index (χ0) is 21.0. The SMILES string of the molecule is CC(COc1ccc2oc3ccc(OCC(C)CN(C)C)cc3c2c1)CN(C)C.Cl.Cl. The highest BCUT2D eigenvalue weighted by molar-refractivity contribution is 6.05. The molecule has 3 rings (SSSR count). The van der Waals surface area contributed by atoms with E-state index in [1.165, 1.54) is 0 Å². The van der Waals surface area contributed by atoms with Gasteiger partial charge in [0.05, 0.1) is 13.2 Å². The molecule has 31 heavy (non-hydrogen) atoms. The van der Waals surface area contributed by atoms with Crippen LogP contribution in [0.5, 0.6) is 11.5 Å².